The molecule has 0 bridgehead atoms. The van der Waals surface area contributed by atoms with Gasteiger partial charge in [0.1, 0.15) is 5.75 Å². The van der Waals surface area contributed by atoms with Gasteiger partial charge in [0.2, 0.25) is 0 Å². The number of nitrogens with one attached hydrogen (secondary N) is 1. The third-order valence-corrected chi connectivity index (χ3v) is 4.41. The van der Waals surface area contributed by atoms with Gasteiger partial charge < -0.3 is 10.1 Å². The molecule has 3 nitrogen and oxygen atoms in total. The highest BCUT2D eigenvalue weighted by molar-refractivity contribution is 7.11. The Morgan fingerprint density at radius 1 is 1.33 bits per heavy atom. The van der Waals surface area contributed by atoms with Crippen molar-refractivity contribution in [3.63, 3.8) is 0 Å². The Hall–Kier alpha value is -1.39. The van der Waals surface area contributed by atoms with E-state index in [9.17, 15) is 0 Å². The molecule has 1 aromatic carbocycles. The zero-order valence-electron chi connectivity index (χ0n) is 13.3. The van der Waals surface area contributed by atoms with Crippen LogP contribution in [0.3, 0.4) is 0 Å². The largest absolute Gasteiger partial charge is 0.497 e. The molecule has 1 heterocycles. The average molecular weight is 304 g/mol. The number of ether oxygens (including phenoxy) is 1. The molecule has 2 aromatic rings. The lowest BCUT2D eigenvalue weighted by atomic mass is 10.1. The van der Waals surface area contributed by atoms with Gasteiger partial charge in [0, 0.05) is 17.8 Å². The lowest BCUT2D eigenvalue weighted by molar-refractivity contribution is 0.414. The van der Waals surface area contributed by atoms with Crippen LogP contribution in [0.25, 0.3) is 0 Å². The first-order valence-corrected chi connectivity index (χ1v) is 8.27. The van der Waals surface area contributed by atoms with Crippen molar-refractivity contribution >= 4 is 11.3 Å². The Morgan fingerprint density at radius 3 is 2.81 bits per heavy atom. The first-order chi connectivity index (χ1) is 10.1. The standard InChI is InChI=1S/C17H24N2OS/c1-5-18-11-15-17(12(2)3)19-16(21-15)10-13-7-6-8-14(9-13)20-4/h6-9,12,18H,5,10-11H2,1-4H3. The maximum Gasteiger partial charge on any atom is 0.119 e. The van der Waals surface area contributed by atoms with Crippen molar-refractivity contribution in [1.82, 2.24) is 10.3 Å². The average Bonchev–Trinajstić information content (AvgIpc) is 2.88. The molecule has 0 radical (unpaired) electrons. The molecule has 0 amide bonds. The molecule has 4 heteroatoms. The van der Waals surface area contributed by atoms with E-state index in [1.807, 2.05) is 23.5 Å². The molecule has 0 saturated carbocycles. The number of hydrogen-bond donors (Lipinski definition) is 1. The van der Waals surface area contributed by atoms with Crippen LogP contribution in [-0.4, -0.2) is 18.6 Å². The summed E-state index contributed by atoms with van der Waals surface area (Å²) >= 11 is 1.82. The molecule has 2 rings (SSSR count). The van der Waals surface area contributed by atoms with E-state index in [4.69, 9.17) is 9.72 Å². The first-order valence-electron chi connectivity index (χ1n) is 7.46. The van der Waals surface area contributed by atoms with Gasteiger partial charge in [-0.15, -0.1) is 11.3 Å². The van der Waals surface area contributed by atoms with E-state index in [0.717, 1.165) is 25.3 Å². The lowest BCUT2D eigenvalue weighted by Gasteiger charge is -2.04. The molecular formula is C17H24N2OS. The van der Waals surface area contributed by atoms with E-state index in [-0.39, 0.29) is 0 Å². The van der Waals surface area contributed by atoms with Crippen molar-refractivity contribution in [1.29, 1.82) is 0 Å². The van der Waals surface area contributed by atoms with E-state index in [0.29, 0.717) is 5.92 Å². The first kappa shape index (κ1) is 16.0. The topological polar surface area (TPSA) is 34.1 Å². The molecule has 0 unspecified atom stereocenters. The third-order valence-electron chi connectivity index (χ3n) is 3.34. The monoisotopic (exact) mass is 304 g/mol. The number of nitrogens with zero attached hydrogens (tertiary/aromatic N) is 1. The van der Waals surface area contributed by atoms with Crippen LogP contribution in [-0.2, 0) is 13.0 Å². The SMILES string of the molecule is CCNCc1sc(Cc2cccc(OC)c2)nc1C(C)C. The van der Waals surface area contributed by atoms with Crippen LogP contribution in [0.15, 0.2) is 24.3 Å². The van der Waals surface area contributed by atoms with Gasteiger partial charge >= 0.3 is 0 Å². The summed E-state index contributed by atoms with van der Waals surface area (Å²) < 4.78 is 5.29. The van der Waals surface area contributed by atoms with E-state index < -0.39 is 0 Å². The van der Waals surface area contributed by atoms with Crippen LogP contribution in [0.4, 0.5) is 0 Å². The van der Waals surface area contributed by atoms with Crippen molar-refractivity contribution in [2.24, 2.45) is 0 Å². The van der Waals surface area contributed by atoms with Crippen molar-refractivity contribution in [2.75, 3.05) is 13.7 Å². The number of benzene rings is 1. The molecule has 21 heavy (non-hydrogen) atoms. The van der Waals surface area contributed by atoms with Crippen LogP contribution in [0.1, 0.15) is 47.8 Å². The van der Waals surface area contributed by atoms with Crippen LogP contribution < -0.4 is 10.1 Å². The molecule has 1 N–H and O–H groups in total. The Kier molecular flexibility index (Phi) is 5.76. The van der Waals surface area contributed by atoms with E-state index in [1.54, 1.807) is 7.11 Å². The fourth-order valence-corrected chi connectivity index (χ4v) is 3.49. The van der Waals surface area contributed by atoms with Crippen molar-refractivity contribution < 1.29 is 4.74 Å². The van der Waals surface area contributed by atoms with Gasteiger partial charge in [0.15, 0.2) is 0 Å². The summed E-state index contributed by atoms with van der Waals surface area (Å²) in [5, 5.41) is 4.59. The summed E-state index contributed by atoms with van der Waals surface area (Å²) in [4.78, 5) is 6.22. The minimum Gasteiger partial charge on any atom is -0.497 e. The van der Waals surface area contributed by atoms with Gasteiger partial charge in [-0.2, -0.15) is 0 Å². The summed E-state index contributed by atoms with van der Waals surface area (Å²) in [7, 11) is 1.70. The quantitative estimate of drug-likeness (QED) is 0.840. The lowest BCUT2D eigenvalue weighted by Crippen LogP contribution is -2.12. The maximum atomic E-state index is 5.29. The zero-order chi connectivity index (χ0) is 15.2. The molecular weight excluding hydrogens is 280 g/mol. The highest BCUT2D eigenvalue weighted by Gasteiger charge is 2.14. The van der Waals surface area contributed by atoms with Crippen LogP contribution in [0.2, 0.25) is 0 Å². The second-order valence-corrected chi connectivity index (χ2v) is 6.55. The Labute approximate surface area is 131 Å². The Bertz CT molecular complexity index is 578. The second kappa shape index (κ2) is 7.57. The molecule has 0 saturated heterocycles. The van der Waals surface area contributed by atoms with E-state index >= 15 is 0 Å². The molecule has 0 spiro atoms. The maximum absolute atomic E-state index is 5.29. The number of aromatic nitrogens is 1. The summed E-state index contributed by atoms with van der Waals surface area (Å²) in [6.45, 7) is 8.45. The molecule has 114 valence electrons. The van der Waals surface area contributed by atoms with Crippen molar-refractivity contribution in [2.45, 2.75) is 39.7 Å². The van der Waals surface area contributed by atoms with Gasteiger partial charge in [0.25, 0.3) is 0 Å². The van der Waals surface area contributed by atoms with Crippen molar-refractivity contribution in [3.05, 3.63) is 45.4 Å². The third kappa shape index (κ3) is 4.29. The van der Waals surface area contributed by atoms with Crippen LogP contribution in [0.5, 0.6) is 5.75 Å². The van der Waals surface area contributed by atoms with E-state index in [1.165, 1.54) is 21.1 Å². The minimum absolute atomic E-state index is 0.467. The smallest absolute Gasteiger partial charge is 0.119 e. The summed E-state index contributed by atoms with van der Waals surface area (Å²) in [5.74, 6) is 1.37. The fraction of sp³-hybridized carbons (Fsp3) is 0.471. The molecule has 0 aliphatic heterocycles. The normalized spacial score (nSPS) is 11.1. The number of rotatable bonds is 7. The highest BCUT2D eigenvalue weighted by atomic mass is 32.1. The van der Waals surface area contributed by atoms with Crippen LogP contribution in [0, 0.1) is 0 Å². The fourth-order valence-electron chi connectivity index (χ4n) is 2.26. The van der Waals surface area contributed by atoms with Gasteiger partial charge in [-0.05, 0) is 30.2 Å². The van der Waals surface area contributed by atoms with E-state index in [2.05, 4.69) is 38.2 Å². The number of hydrogen-bond acceptors (Lipinski definition) is 4. The number of thiazole rings is 1. The molecule has 0 atom stereocenters. The predicted octanol–water partition coefficient (Wildman–Crippen LogP) is 3.98. The Morgan fingerprint density at radius 2 is 2.14 bits per heavy atom. The molecule has 0 fully saturated rings. The molecule has 0 aliphatic carbocycles. The van der Waals surface area contributed by atoms with Crippen molar-refractivity contribution in [3.8, 4) is 5.75 Å². The summed E-state index contributed by atoms with van der Waals surface area (Å²) in [6, 6.07) is 8.22. The molecule has 1 aromatic heterocycles. The Balaban J connectivity index is 2.19. The van der Waals surface area contributed by atoms with Gasteiger partial charge in [-0.25, -0.2) is 4.98 Å². The minimum atomic E-state index is 0.467. The van der Waals surface area contributed by atoms with Gasteiger partial charge in [0.05, 0.1) is 17.8 Å². The van der Waals surface area contributed by atoms with Gasteiger partial charge in [-0.3, -0.25) is 0 Å². The second-order valence-electron chi connectivity index (χ2n) is 5.38. The zero-order valence-corrected chi connectivity index (χ0v) is 14.1. The summed E-state index contributed by atoms with van der Waals surface area (Å²) in [5.41, 5.74) is 2.48. The summed E-state index contributed by atoms with van der Waals surface area (Å²) in [6.07, 6.45) is 0.869. The van der Waals surface area contributed by atoms with Gasteiger partial charge in [-0.1, -0.05) is 32.9 Å². The molecule has 0 aliphatic rings. The predicted molar refractivity (Wildman–Crippen MR) is 89.4 cm³/mol. The highest BCUT2D eigenvalue weighted by Crippen LogP contribution is 2.27. The van der Waals surface area contributed by atoms with Crippen LogP contribution >= 0.6 is 11.3 Å². The number of methoxy groups -OCH3 is 1.